The first-order chi connectivity index (χ1) is 54.9. The molecule has 538 valence electrons. The fraction of sp³-hybridized carbons (Fsp3) is 0.111. The first-order valence-electron chi connectivity index (χ1n) is 39.9. The molecule has 3 aromatic heterocycles. The highest BCUT2D eigenvalue weighted by Crippen LogP contribution is 2.51. The van der Waals surface area contributed by atoms with E-state index in [-0.39, 0.29) is 13.4 Å². The maximum Gasteiger partial charge on any atom is 0.243 e. The molecule has 0 bridgehead atoms. The highest BCUT2D eigenvalue weighted by atomic mass is 32.1. The van der Waals surface area contributed by atoms with E-state index in [0.717, 1.165) is 0 Å². The minimum atomic E-state index is 0.0260. The molecular weight excluding hydrogens is 1420 g/mol. The van der Waals surface area contributed by atoms with Crippen LogP contribution in [0, 0.1) is 83.1 Å². The number of rotatable bonds is 10. The molecule has 0 saturated heterocycles. The van der Waals surface area contributed by atoms with E-state index in [4.69, 9.17) is 0 Å². The predicted molar refractivity (Wildman–Crippen MR) is 504 cm³/mol. The monoisotopic (exact) mass is 1500 g/mol. The van der Waals surface area contributed by atoms with Crippen LogP contribution in [0.3, 0.4) is 0 Å². The third kappa shape index (κ3) is 11.0. The van der Waals surface area contributed by atoms with E-state index in [1.807, 2.05) is 34.0 Å². The van der Waals surface area contributed by atoms with Gasteiger partial charge in [0.25, 0.3) is 0 Å². The average molecular weight is 1500 g/mol. The van der Waals surface area contributed by atoms with E-state index in [2.05, 4.69) is 362 Å². The van der Waals surface area contributed by atoms with Gasteiger partial charge in [-0.15, -0.1) is 34.0 Å². The summed E-state index contributed by atoms with van der Waals surface area (Å²) in [5.41, 5.74) is 31.1. The Balaban J connectivity index is 0.000000145. The predicted octanol–water partition coefficient (Wildman–Crippen LogP) is 27.1. The molecule has 0 aliphatic heterocycles. The summed E-state index contributed by atoms with van der Waals surface area (Å²) in [4.78, 5) is 3.94. The molecule has 113 heavy (non-hydrogen) atoms. The summed E-state index contributed by atoms with van der Waals surface area (Å²) in [6.07, 6.45) is 0. The van der Waals surface area contributed by atoms with Crippen molar-refractivity contribution in [1.82, 2.24) is 0 Å². The van der Waals surface area contributed by atoms with Crippen molar-refractivity contribution < 1.29 is 0 Å². The Kier molecular flexibility index (Phi) is 16.2. The average Bonchev–Trinajstić information content (AvgIpc) is 1.62. The maximum absolute atomic E-state index is 2.59. The summed E-state index contributed by atoms with van der Waals surface area (Å²) >= 11 is 5.73. The minimum absolute atomic E-state index is 0.0260. The van der Waals surface area contributed by atoms with Gasteiger partial charge in [0.2, 0.25) is 13.4 Å². The lowest BCUT2D eigenvalue weighted by Crippen LogP contribution is -2.56. The molecule has 0 unspecified atom stereocenters. The second-order valence-electron chi connectivity index (χ2n) is 32.8. The highest BCUT2D eigenvalue weighted by molar-refractivity contribution is 7.23. The molecule has 0 N–H and O–H groups in total. The largest absolute Gasteiger partial charge is 0.243 e. The number of benzene rings is 19. The van der Waals surface area contributed by atoms with Gasteiger partial charge in [0.05, 0.1) is 0 Å². The van der Waals surface area contributed by atoms with Crippen LogP contribution in [-0.4, -0.2) is 13.4 Å². The van der Waals surface area contributed by atoms with Crippen LogP contribution < -0.4 is 32.8 Å². The van der Waals surface area contributed by atoms with Crippen LogP contribution in [0.25, 0.3) is 170 Å². The van der Waals surface area contributed by atoms with E-state index in [1.165, 1.54) is 269 Å². The Morgan fingerprint density at radius 2 is 0.451 bits per heavy atom. The molecule has 22 aromatic rings. The molecule has 22 rings (SSSR count). The quantitative estimate of drug-likeness (QED) is 0.0946. The van der Waals surface area contributed by atoms with Gasteiger partial charge in [0.1, 0.15) is 0 Å². The number of thiophene rings is 3. The Morgan fingerprint density at radius 3 is 0.850 bits per heavy atom. The van der Waals surface area contributed by atoms with Crippen molar-refractivity contribution in [2.45, 2.75) is 83.1 Å². The zero-order valence-corrected chi connectivity index (χ0v) is 68.4. The van der Waals surface area contributed by atoms with Crippen molar-refractivity contribution >= 4 is 207 Å². The van der Waals surface area contributed by atoms with Crippen molar-refractivity contribution in [3.8, 4) is 42.4 Å². The molecule has 0 spiro atoms. The molecule has 0 saturated carbocycles. The van der Waals surface area contributed by atoms with Crippen LogP contribution in [0.4, 0.5) is 0 Å². The molecule has 0 radical (unpaired) electrons. The van der Waals surface area contributed by atoms with Gasteiger partial charge in [-0.25, -0.2) is 0 Å². The Morgan fingerprint density at radius 1 is 0.186 bits per heavy atom. The molecule has 0 aliphatic rings. The molecule has 0 amide bonds. The van der Waals surface area contributed by atoms with Crippen molar-refractivity contribution in [2.75, 3.05) is 0 Å². The molecule has 0 atom stereocenters. The van der Waals surface area contributed by atoms with Crippen LogP contribution in [-0.2, 0) is 0 Å². The standard InChI is InChI=1S/C58H43BS3.C50H39B/c1-32-23-34(3)57(35(4)24-32)59(58-36(5)25-33(2)26-37(58)6)48-31-47(54-29-40-15-9-12-18-51(40)62-54)43-20-19-41-45(52-27-38-13-7-10-16-49(38)60-52)30-46(42-21-22-44(48)56(43)55(41)42)53-28-39-14-8-11-17-50(39)61-53;1-28-24-30(3)49(31(4)25-28)51(50-32(5)26-29(2)27-33(50)6)44-23-17-38-15-21-42-40(19-13-37-16-22-43(44)48(38)47(37)42)39-18-12-36-11-10-34-8-7-9-35-14-20-41(39)46(36)45(34)35/h7-31H,1-6H3;7-27H,1-6H3. The normalized spacial score (nSPS) is 12.1. The molecule has 5 heteroatoms. The molecule has 0 fully saturated rings. The Hall–Kier alpha value is -11.7. The number of hydrogen-bond donors (Lipinski definition) is 0. The molecule has 0 nitrogen and oxygen atoms in total. The lowest BCUT2D eigenvalue weighted by molar-refractivity contribution is 1.34. The molecule has 19 aromatic carbocycles. The van der Waals surface area contributed by atoms with E-state index in [1.54, 1.807) is 0 Å². The van der Waals surface area contributed by atoms with Crippen LogP contribution in [0.1, 0.15) is 66.8 Å². The number of fused-ring (bicyclic) bond motifs is 3. The fourth-order valence-corrected chi connectivity index (χ4v) is 24.3. The van der Waals surface area contributed by atoms with Crippen LogP contribution >= 0.6 is 34.0 Å². The zero-order chi connectivity index (χ0) is 76.7. The Labute approximate surface area is 673 Å². The summed E-state index contributed by atoms with van der Waals surface area (Å²) < 4.78 is 3.96. The smallest absolute Gasteiger partial charge is 0.135 e. The van der Waals surface area contributed by atoms with E-state index in [0.29, 0.717) is 0 Å². The van der Waals surface area contributed by atoms with Gasteiger partial charge in [0, 0.05) is 39.9 Å². The second kappa shape index (κ2) is 26.5. The first kappa shape index (κ1) is 69.3. The van der Waals surface area contributed by atoms with Gasteiger partial charge in [0.15, 0.2) is 0 Å². The van der Waals surface area contributed by atoms with Crippen LogP contribution in [0.2, 0.25) is 0 Å². The molecular formula is C108H82B2S3. The summed E-state index contributed by atoms with van der Waals surface area (Å²) in [5, 5.41) is 27.9. The van der Waals surface area contributed by atoms with Gasteiger partial charge >= 0.3 is 0 Å². The van der Waals surface area contributed by atoms with Gasteiger partial charge in [-0.2, -0.15) is 0 Å². The van der Waals surface area contributed by atoms with E-state index < -0.39 is 0 Å². The zero-order valence-electron chi connectivity index (χ0n) is 65.9. The third-order valence-corrected chi connectivity index (χ3v) is 28.7. The van der Waals surface area contributed by atoms with Crippen molar-refractivity contribution in [3.05, 3.63) is 346 Å². The van der Waals surface area contributed by atoms with Crippen molar-refractivity contribution in [2.24, 2.45) is 0 Å². The van der Waals surface area contributed by atoms with Gasteiger partial charge in [-0.05, 0) is 255 Å². The molecule has 3 heterocycles. The minimum Gasteiger partial charge on any atom is -0.135 e. The molecule has 0 aliphatic carbocycles. The third-order valence-electron chi connectivity index (χ3n) is 25.2. The van der Waals surface area contributed by atoms with Crippen molar-refractivity contribution in [1.29, 1.82) is 0 Å². The fourth-order valence-electron chi connectivity index (χ4n) is 21.0. The SMILES string of the molecule is Cc1cc(C)c(B(c2c(C)cc(C)cc2C)c2cc(-c3cc4ccccc4s3)c3ccc4c(-c5cc6ccccc6s5)cc(-c5cc6ccccc6s5)c5ccc2c3c54)c(C)c1.Cc1cc(C)c(B(c2c(C)cc(C)cc2C)c2ccc3ccc4c(-c5ccc6ccc7cccc8ccc5c6c78)ccc5ccc2c3c54)c(C)c1. The lowest BCUT2D eigenvalue weighted by atomic mass is 9.33. The summed E-state index contributed by atoms with van der Waals surface area (Å²) in [7, 11) is 0. The summed E-state index contributed by atoms with van der Waals surface area (Å²) in [6, 6.07) is 107. The Bertz CT molecular complexity index is 7310. The van der Waals surface area contributed by atoms with Crippen LogP contribution in [0.15, 0.2) is 279 Å². The summed E-state index contributed by atoms with van der Waals surface area (Å²) in [6.45, 7) is 27.6. The van der Waals surface area contributed by atoms with E-state index >= 15 is 0 Å². The second-order valence-corrected chi connectivity index (χ2v) is 36.0. The summed E-state index contributed by atoms with van der Waals surface area (Å²) in [5.74, 6) is 0. The maximum atomic E-state index is 2.59. The van der Waals surface area contributed by atoms with Gasteiger partial charge in [-0.1, -0.05) is 336 Å². The number of hydrogen-bond acceptors (Lipinski definition) is 3. The topological polar surface area (TPSA) is 0 Å². The lowest BCUT2D eigenvalue weighted by Gasteiger charge is -2.27. The van der Waals surface area contributed by atoms with Crippen LogP contribution in [0.5, 0.6) is 0 Å². The number of aryl methyl sites for hydroxylation is 12. The van der Waals surface area contributed by atoms with Crippen molar-refractivity contribution in [3.63, 3.8) is 0 Å². The first-order valence-corrected chi connectivity index (χ1v) is 42.3. The van der Waals surface area contributed by atoms with Gasteiger partial charge < -0.3 is 0 Å². The van der Waals surface area contributed by atoms with E-state index in [9.17, 15) is 0 Å². The highest BCUT2D eigenvalue weighted by Gasteiger charge is 2.35. The van der Waals surface area contributed by atoms with Gasteiger partial charge in [-0.3, -0.25) is 0 Å².